The predicted molar refractivity (Wildman–Crippen MR) is 121 cm³/mol. The van der Waals surface area contributed by atoms with Crippen LogP contribution < -0.4 is 5.32 Å². The number of nitrogens with zero attached hydrogens (tertiary/aromatic N) is 1. The summed E-state index contributed by atoms with van der Waals surface area (Å²) in [4.78, 5) is 42.3. The van der Waals surface area contributed by atoms with Crippen LogP contribution in [0.4, 0.5) is 9.18 Å². The highest BCUT2D eigenvalue weighted by molar-refractivity contribution is 5.90. The molecule has 1 aromatic heterocycles. The van der Waals surface area contributed by atoms with Crippen molar-refractivity contribution in [3.05, 3.63) is 48.4 Å². The number of aldehydes is 1. The van der Waals surface area contributed by atoms with Gasteiger partial charge in [0.05, 0.1) is 12.7 Å². The Kier molecular flexibility index (Phi) is 7.53. The summed E-state index contributed by atoms with van der Waals surface area (Å²) in [5, 5.41) is 3.25. The van der Waals surface area contributed by atoms with E-state index in [4.69, 9.17) is 9.47 Å². The molecule has 1 unspecified atom stereocenters. The quantitative estimate of drug-likeness (QED) is 0.467. The van der Waals surface area contributed by atoms with E-state index in [9.17, 15) is 18.8 Å². The third-order valence-corrected chi connectivity index (χ3v) is 5.39. The molecule has 1 aromatic carbocycles. The number of fused-ring (bicyclic) bond motifs is 1. The molecular formula is C24H30FN3O5. The van der Waals surface area contributed by atoms with Crippen LogP contribution in [-0.2, 0) is 25.5 Å². The van der Waals surface area contributed by atoms with Gasteiger partial charge in [0.1, 0.15) is 29.8 Å². The fourth-order valence-corrected chi connectivity index (χ4v) is 3.97. The lowest BCUT2D eigenvalue weighted by Gasteiger charge is -2.29. The number of likely N-dealkylation sites (tertiary alicyclic amines) is 1. The molecule has 0 saturated carbocycles. The van der Waals surface area contributed by atoms with Gasteiger partial charge >= 0.3 is 6.09 Å². The molecule has 1 aliphatic heterocycles. The van der Waals surface area contributed by atoms with Gasteiger partial charge in [-0.1, -0.05) is 6.08 Å². The Morgan fingerprint density at radius 3 is 2.82 bits per heavy atom. The molecule has 1 saturated heterocycles. The van der Waals surface area contributed by atoms with Gasteiger partial charge in [0.15, 0.2) is 0 Å². The molecule has 0 radical (unpaired) electrons. The van der Waals surface area contributed by atoms with E-state index in [2.05, 4.69) is 16.9 Å². The minimum absolute atomic E-state index is 0.0851. The lowest BCUT2D eigenvalue weighted by Crippen LogP contribution is -2.53. The topological polar surface area (TPSA) is 101 Å². The first kappa shape index (κ1) is 24.4. The number of halogens is 1. The number of H-pyrrole nitrogens is 1. The molecule has 8 nitrogen and oxygen atoms in total. The van der Waals surface area contributed by atoms with Crippen LogP contribution in [0.5, 0.6) is 0 Å². The van der Waals surface area contributed by atoms with E-state index < -0.39 is 41.6 Å². The van der Waals surface area contributed by atoms with E-state index in [1.54, 1.807) is 39.1 Å². The summed E-state index contributed by atoms with van der Waals surface area (Å²) < 4.78 is 24.8. The van der Waals surface area contributed by atoms with Crippen molar-refractivity contribution in [1.82, 2.24) is 15.2 Å². The number of carbonyl (C=O) groups excluding carboxylic acids is 3. The molecule has 0 bridgehead atoms. The number of nitrogens with one attached hydrogen (secondary N) is 2. The molecule has 3 rings (SSSR count). The second-order valence-corrected chi connectivity index (χ2v) is 9.01. The molecule has 178 valence electrons. The summed E-state index contributed by atoms with van der Waals surface area (Å²) in [6.45, 7) is 9.33. The predicted octanol–water partition coefficient (Wildman–Crippen LogP) is 3.11. The van der Waals surface area contributed by atoms with Crippen molar-refractivity contribution in [2.45, 2.75) is 57.4 Å². The molecule has 9 heteroatoms. The van der Waals surface area contributed by atoms with Gasteiger partial charge in [0.2, 0.25) is 5.91 Å². The van der Waals surface area contributed by atoms with Gasteiger partial charge in [0, 0.05) is 30.1 Å². The van der Waals surface area contributed by atoms with Crippen LogP contribution in [0.1, 0.15) is 32.8 Å². The van der Waals surface area contributed by atoms with E-state index in [1.807, 2.05) is 0 Å². The molecule has 1 fully saturated rings. The van der Waals surface area contributed by atoms with Crippen molar-refractivity contribution in [2.24, 2.45) is 0 Å². The Labute approximate surface area is 192 Å². The number of alkyl carbamates (subject to hydrolysis) is 1. The number of benzene rings is 1. The molecule has 2 N–H and O–H groups in total. The SMILES string of the molecule is C=CCO[C@H]1CCN(C(=O)[C@H](Cc2c[nH]c3ccc(F)cc23)NC(=O)OC(C)(C)C)C1C=O. The van der Waals surface area contributed by atoms with Crippen molar-refractivity contribution < 1.29 is 28.2 Å². The summed E-state index contributed by atoms with van der Waals surface area (Å²) >= 11 is 0. The molecule has 0 aliphatic carbocycles. The lowest BCUT2D eigenvalue weighted by atomic mass is 10.0. The fraction of sp³-hybridized carbons (Fsp3) is 0.458. The largest absolute Gasteiger partial charge is 0.444 e. The lowest BCUT2D eigenvalue weighted by molar-refractivity contribution is -0.138. The molecule has 33 heavy (non-hydrogen) atoms. The molecule has 2 amide bonds. The minimum Gasteiger partial charge on any atom is -0.444 e. The van der Waals surface area contributed by atoms with Gasteiger partial charge in [-0.25, -0.2) is 9.18 Å². The maximum atomic E-state index is 13.8. The average Bonchev–Trinajstić information content (AvgIpc) is 3.33. The standard InChI is InChI=1S/C24H30FN3O5/c1-5-10-32-21-8-9-28(20(21)14-29)22(30)19(27-23(31)33-24(2,3)4)11-15-13-26-18-7-6-16(25)12-17(15)18/h5-7,12-14,19-21,26H,1,8-11H2,2-4H3,(H,27,31)/t19-,20?,21-/m0/s1. The number of aromatic amines is 1. The number of ether oxygens (including phenoxy) is 2. The van der Waals surface area contributed by atoms with Crippen molar-refractivity contribution >= 4 is 29.2 Å². The number of carbonyl (C=O) groups is 3. The van der Waals surface area contributed by atoms with Gasteiger partial charge < -0.3 is 29.5 Å². The molecule has 2 aromatic rings. The van der Waals surface area contributed by atoms with Gasteiger partial charge in [-0.05, 0) is 51.0 Å². The zero-order valence-corrected chi connectivity index (χ0v) is 19.1. The summed E-state index contributed by atoms with van der Waals surface area (Å²) in [5.41, 5.74) is 0.601. The van der Waals surface area contributed by atoms with Crippen LogP contribution in [0.25, 0.3) is 10.9 Å². The summed E-state index contributed by atoms with van der Waals surface area (Å²) in [6, 6.07) is 2.52. The summed E-state index contributed by atoms with van der Waals surface area (Å²) in [7, 11) is 0. The molecule has 2 heterocycles. The van der Waals surface area contributed by atoms with Crippen molar-refractivity contribution in [3.63, 3.8) is 0 Å². The van der Waals surface area contributed by atoms with Gasteiger partial charge in [-0.15, -0.1) is 6.58 Å². The minimum atomic E-state index is -1.03. The van der Waals surface area contributed by atoms with E-state index >= 15 is 0 Å². The van der Waals surface area contributed by atoms with Gasteiger partial charge in [0.25, 0.3) is 0 Å². The highest BCUT2D eigenvalue weighted by Crippen LogP contribution is 2.24. The van der Waals surface area contributed by atoms with Crippen LogP contribution in [0.2, 0.25) is 0 Å². The Balaban J connectivity index is 1.86. The molecular weight excluding hydrogens is 429 g/mol. The maximum absolute atomic E-state index is 13.8. The second kappa shape index (κ2) is 10.2. The zero-order valence-electron chi connectivity index (χ0n) is 19.1. The third-order valence-electron chi connectivity index (χ3n) is 5.39. The number of amides is 2. The van der Waals surface area contributed by atoms with Crippen LogP contribution in [0.15, 0.2) is 37.1 Å². The Hall–Kier alpha value is -3.20. The molecule has 1 aliphatic rings. The third kappa shape index (κ3) is 5.98. The smallest absolute Gasteiger partial charge is 0.408 e. The van der Waals surface area contributed by atoms with E-state index in [-0.39, 0.29) is 13.0 Å². The summed E-state index contributed by atoms with van der Waals surface area (Å²) in [5.74, 6) is -0.845. The monoisotopic (exact) mass is 459 g/mol. The van der Waals surface area contributed by atoms with Crippen LogP contribution in [0, 0.1) is 5.82 Å². The number of aromatic nitrogens is 1. The van der Waals surface area contributed by atoms with Crippen molar-refractivity contribution in [1.29, 1.82) is 0 Å². The van der Waals surface area contributed by atoms with E-state index in [0.717, 1.165) is 0 Å². The normalized spacial score (nSPS) is 19.3. The zero-order chi connectivity index (χ0) is 24.2. The van der Waals surface area contributed by atoms with E-state index in [0.29, 0.717) is 35.7 Å². The second-order valence-electron chi connectivity index (χ2n) is 9.01. The first-order chi connectivity index (χ1) is 15.6. The first-order valence-electron chi connectivity index (χ1n) is 10.9. The molecule has 3 atom stereocenters. The highest BCUT2D eigenvalue weighted by atomic mass is 19.1. The van der Waals surface area contributed by atoms with Crippen LogP contribution >= 0.6 is 0 Å². The first-order valence-corrected chi connectivity index (χ1v) is 10.9. The van der Waals surface area contributed by atoms with Crippen LogP contribution in [0.3, 0.4) is 0 Å². The van der Waals surface area contributed by atoms with E-state index in [1.165, 1.54) is 17.0 Å². The Morgan fingerprint density at radius 1 is 1.39 bits per heavy atom. The number of hydrogen-bond acceptors (Lipinski definition) is 5. The van der Waals surface area contributed by atoms with Crippen LogP contribution in [-0.4, -0.2) is 65.1 Å². The highest BCUT2D eigenvalue weighted by Gasteiger charge is 2.40. The molecule has 0 spiro atoms. The fourth-order valence-electron chi connectivity index (χ4n) is 3.97. The number of hydrogen-bond donors (Lipinski definition) is 2. The maximum Gasteiger partial charge on any atom is 0.408 e. The van der Waals surface area contributed by atoms with Crippen molar-refractivity contribution in [3.8, 4) is 0 Å². The number of rotatable bonds is 8. The summed E-state index contributed by atoms with van der Waals surface area (Å²) in [6.07, 6.45) is 3.31. The van der Waals surface area contributed by atoms with Gasteiger partial charge in [-0.2, -0.15) is 0 Å². The Bertz CT molecular complexity index is 1030. The van der Waals surface area contributed by atoms with Crippen molar-refractivity contribution in [2.75, 3.05) is 13.2 Å². The Morgan fingerprint density at radius 2 is 2.15 bits per heavy atom. The average molecular weight is 460 g/mol. The van der Waals surface area contributed by atoms with Gasteiger partial charge in [-0.3, -0.25) is 4.79 Å².